The highest BCUT2D eigenvalue weighted by Crippen LogP contribution is 2.21. The predicted molar refractivity (Wildman–Crippen MR) is 78.6 cm³/mol. The zero-order valence-electron chi connectivity index (χ0n) is 9.62. The van der Waals surface area contributed by atoms with Gasteiger partial charge in [0.05, 0.1) is 33.1 Å². The van der Waals surface area contributed by atoms with E-state index in [1.807, 2.05) is 14.0 Å². The molecule has 0 bridgehead atoms. The summed E-state index contributed by atoms with van der Waals surface area (Å²) in [6.45, 7) is 2.27. The molecule has 0 aromatic carbocycles. The molecule has 2 aromatic heterocycles. The van der Waals surface area contributed by atoms with Gasteiger partial charge in [-0.2, -0.15) is 10.2 Å². The lowest BCUT2D eigenvalue weighted by atomic mass is 10.3. The summed E-state index contributed by atoms with van der Waals surface area (Å²) in [4.78, 5) is 12.0. The van der Waals surface area contributed by atoms with Gasteiger partial charge in [0.25, 0.3) is 5.56 Å². The Morgan fingerprint density at radius 1 is 1.28 bits per heavy atom. The number of hydrogen-bond donors (Lipinski definition) is 0. The van der Waals surface area contributed by atoms with Crippen molar-refractivity contribution in [1.82, 2.24) is 19.6 Å². The topological polar surface area (TPSA) is 52.7 Å². The maximum atomic E-state index is 12.0. The quantitative estimate of drug-likeness (QED) is 0.721. The summed E-state index contributed by atoms with van der Waals surface area (Å²) in [6.07, 6.45) is 1.59. The molecule has 0 unspecified atom stereocenters. The van der Waals surface area contributed by atoms with Crippen LogP contribution in [0.4, 0.5) is 0 Å². The van der Waals surface area contributed by atoms with E-state index in [2.05, 4.69) is 58.0 Å². The van der Waals surface area contributed by atoms with Gasteiger partial charge in [-0.05, 0) is 54.7 Å². The Labute approximate surface area is 129 Å². The molecule has 18 heavy (non-hydrogen) atoms. The van der Waals surface area contributed by atoms with E-state index in [4.69, 9.17) is 0 Å². The summed E-state index contributed by atoms with van der Waals surface area (Å²) in [7, 11) is 1.84. The Morgan fingerprint density at radius 2 is 1.94 bits per heavy atom. The zero-order chi connectivity index (χ0) is 13.4. The molecule has 0 saturated carbocycles. The predicted octanol–water partition coefficient (Wildman–Crippen LogP) is 2.62. The van der Waals surface area contributed by atoms with Crippen LogP contribution in [0.1, 0.15) is 11.4 Å². The summed E-state index contributed by atoms with van der Waals surface area (Å²) in [6, 6.07) is 0. The normalized spacial score (nSPS) is 10.9. The number of aromatic nitrogens is 4. The van der Waals surface area contributed by atoms with Crippen LogP contribution in [0.25, 0.3) is 0 Å². The van der Waals surface area contributed by atoms with Crippen LogP contribution in [0.5, 0.6) is 0 Å². The number of hydrogen-bond acceptors (Lipinski definition) is 3. The first kappa shape index (κ1) is 14.0. The van der Waals surface area contributed by atoms with E-state index in [9.17, 15) is 4.79 Å². The fourth-order valence-electron chi connectivity index (χ4n) is 1.55. The lowest BCUT2D eigenvalue weighted by molar-refractivity contribution is 0.585. The third-order valence-electron chi connectivity index (χ3n) is 2.50. The first-order valence-electron chi connectivity index (χ1n) is 5.01. The van der Waals surface area contributed by atoms with Gasteiger partial charge in [-0.3, -0.25) is 9.48 Å². The van der Waals surface area contributed by atoms with E-state index in [1.165, 1.54) is 4.68 Å². The van der Waals surface area contributed by atoms with Crippen LogP contribution < -0.4 is 5.56 Å². The van der Waals surface area contributed by atoms with Crippen molar-refractivity contribution in [2.45, 2.75) is 13.5 Å². The minimum atomic E-state index is -0.185. The number of nitrogens with zero attached hydrogens (tertiary/aromatic N) is 4. The molecule has 0 saturated heterocycles. The fourth-order valence-corrected chi connectivity index (χ4v) is 2.58. The van der Waals surface area contributed by atoms with Crippen LogP contribution in [0, 0.1) is 6.92 Å². The molecule has 2 aromatic rings. The average Bonchev–Trinajstić information content (AvgIpc) is 2.56. The van der Waals surface area contributed by atoms with Gasteiger partial charge in [-0.15, -0.1) is 0 Å². The molecule has 0 atom stereocenters. The average molecular weight is 441 g/mol. The monoisotopic (exact) mass is 438 g/mol. The van der Waals surface area contributed by atoms with Crippen molar-refractivity contribution in [3.05, 3.63) is 41.4 Å². The Bertz CT molecular complexity index is 662. The fraction of sp³-hybridized carbons (Fsp3) is 0.300. The Balaban J connectivity index is 2.47. The maximum Gasteiger partial charge on any atom is 0.282 e. The smallest absolute Gasteiger partial charge is 0.269 e. The van der Waals surface area contributed by atoms with Gasteiger partial charge in [0, 0.05) is 7.05 Å². The molecule has 0 aliphatic heterocycles. The minimum absolute atomic E-state index is 0.185. The molecule has 8 heteroatoms. The van der Waals surface area contributed by atoms with Crippen molar-refractivity contribution in [3.8, 4) is 0 Å². The third kappa shape index (κ3) is 2.46. The van der Waals surface area contributed by atoms with Crippen molar-refractivity contribution in [3.63, 3.8) is 0 Å². The molecular weight excluding hydrogens is 432 g/mol. The molecule has 0 spiro atoms. The van der Waals surface area contributed by atoms with Gasteiger partial charge in [0.2, 0.25) is 0 Å². The molecule has 5 nitrogen and oxygen atoms in total. The van der Waals surface area contributed by atoms with Crippen LogP contribution in [0.2, 0.25) is 0 Å². The van der Waals surface area contributed by atoms with Gasteiger partial charge in [-0.1, -0.05) is 0 Å². The molecule has 0 aliphatic rings. The molecule has 0 fully saturated rings. The molecular formula is C10H9Br3N4O. The first-order chi connectivity index (χ1) is 8.41. The maximum absolute atomic E-state index is 12.0. The second kappa shape index (κ2) is 5.26. The second-order valence-corrected chi connectivity index (χ2v) is 6.18. The van der Waals surface area contributed by atoms with Crippen LogP contribution in [-0.2, 0) is 13.6 Å². The minimum Gasteiger partial charge on any atom is -0.269 e. The van der Waals surface area contributed by atoms with E-state index < -0.39 is 0 Å². The van der Waals surface area contributed by atoms with Gasteiger partial charge < -0.3 is 0 Å². The highest BCUT2D eigenvalue weighted by Gasteiger charge is 2.14. The van der Waals surface area contributed by atoms with Gasteiger partial charge >= 0.3 is 0 Å². The van der Waals surface area contributed by atoms with E-state index >= 15 is 0 Å². The SMILES string of the molecule is Cc1nn(C)c(Cn2ncc(Br)c(Br)c2=O)c1Br. The van der Waals surface area contributed by atoms with Crippen LogP contribution in [-0.4, -0.2) is 19.6 Å². The molecule has 2 heterocycles. The highest BCUT2D eigenvalue weighted by atomic mass is 79.9. The molecule has 0 amide bonds. The molecule has 0 aliphatic carbocycles. The standard InChI is InChI=1S/C10H9Br3N4O/c1-5-8(12)7(16(2)15-5)4-17-10(18)9(13)6(11)3-14-17/h3H,4H2,1-2H3. The van der Waals surface area contributed by atoms with E-state index in [0.29, 0.717) is 15.5 Å². The second-order valence-electron chi connectivity index (χ2n) is 3.74. The summed E-state index contributed by atoms with van der Waals surface area (Å²) in [5.74, 6) is 0. The molecule has 2 rings (SSSR count). The van der Waals surface area contributed by atoms with Crippen molar-refractivity contribution in [2.24, 2.45) is 7.05 Å². The summed E-state index contributed by atoms with van der Waals surface area (Å²) in [5.41, 5.74) is 1.60. The van der Waals surface area contributed by atoms with Crippen LogP contribution in [0.3, 0.4) is 0 Å². The largest absolute Gasteiger partial charge is 0.282 e. The third-order valence-corrected chi connectivity index (χ3v) is 5.43. The summed E-state index contributed by atoms with van der Waals surface area (Å²) >= 11 is 9.95. The Kier molecular flexibility index (Phi) is 4.08. The van der Waals surface area contributed by atoms with Crippen molar-refractivity contribution in [1.29, 1.82) is 0 Å². The van der Waals surface area contributed by atoms with Crippen molar-refractivity contribution < 1.29 is 0 Å². The summed E-state index contributed by atoms with van der Waals surface area (Å²) < 4.78 is 5.13. The number of halogens is 3. The van der Waals surface area contributed by atoms with Crippen LogP contribution in [0.15, 0.2) is 24.4 Å². The lowest BCUT2D eigenvalue weighted by Gasteiger charge is -2.06. The molecule has 0 radical (unpaired) electrons. The van der Waals surface area contributed by atoms with E-state index in [-0.39, 0.29) is 5.56 Å². The lowest BCUT2D eigenvalue weighted by Crippen LogP contribution is -2.25. The van der Waals surface area contributed by atoms with Gasteiger partial charge in [-0.25, -0.2) is 4.68 Å². The molecule has 0 N–H and O–H groups in total. The number of rotatable bonds is 2. The Morgan fingerprint density at radius 3 is 2.50 bits per heavy atom. The summed E-state index contributed by atoms with van der Waals surface area (Å²) in [5, 5.41) is 8.37. The Hall–Kier alpha value is -0.470. The van der Waals surface area contributed by atoms with E-state index in [0.717, 1.165) is 15.9 Å². The van der Waals surface area contributed by atoms with Gasteiger partial charge in [0.1, 0.15) is 4.47 Å². The van der Waals surface area contributed by atoms with Crippen molar-refractivity contribution in [2.75, 3.05) is 0 Å². The molecule has 96 valence electrons. The number of aryl methyl sites for hydroxylation is 2. The van der Waals surface area contributed by atoms with Crippen LogP contribution >= 0.6 is 47.8 Å². The zero-order valence-corrected chi connectivity index (χ0v) is 14.4. The van der Waals surface area contributed by atoms with Gasteiger partial charge in [0.15, 0.2) is 0 Å². The van der Waals surface area contributed by atoms with E-state index in [1.54, 1.807) is 10.9 Å². The highest BCUT2D eigenvalue weighted by molar-refractivity contribution is 9.13. The first-order valence-corrected chi connectivity index (χ1v) is 7.38. The van der Waals surface area contributed by atoms with Crippen molar-refractivity contribution >= 4 is 47.8 Å².